The van der Waals surface area contributed by atoms with Crippen LogP contribution in [0.1, 0.15) is 11.3 Å². The molecule has 0 spiro atoms. The van der Waals surface area contributed by atoms with Crippen molar-refractivity contribution in [1.82, 2.24) is 19.7 Å². The Labute approximate surface area is 199 Å². The highest BCUT2D eigenvalue weighted by molar-refractivity contribution is 7.99. The standard InChI is InChI=1S/C24H22F2N6OS/c1-34-31-19-9-16(20-4-3-18(25)11-22(20)26)8-17(10-19)21(12-27)23-5-2-15(13-28-23)24-29-14-32(30-24)6-7-33/h2-5,8-14,31,33H,6-7,27H2,1H3. The van der Waals surface area contributed by atoms with Gasteiger partial charge < -0.3 is 15.6 Å². The second kappa shape index (κ2) is 10.4. The molecular weight excluding hydrogens is 458 g/mol. The highest BCUT2D eigenvalue weighted by atomic mass is 32.2. The van der Waals surface area contributed by atoms with E-state index in [1.165, 1.54) is 30.3 Å². The third-order valence-electron chi connectivity index (χ3n) is 5.04. The number of hydrogen-bond donors (Lipinski definition) is 3. The van der Waals surface area contributed by atoms with Gasteiger partial charge in [-0.25, -0.2) is 13.8 Å². The Kier molecular flexibility index (Phi) is 7.19. The molecule has 34 heavy (non-hydrogen) atoms. The molecule has 0 saturated carbocycles. The number of hydrogen-bond acceptors (Lipinski definition) is 7. The van der Waals surface area contributed by atoms with E-state index in [1.54, 1.807) is 35.4 Å². The first kappa shape index (κ1) is 23.4. The van der Waals surface area contributed by atoms with Crippen LogP contribution in [-0.4, -0.2) is 37.7 Å². The molecule has 2 aromatic heterocycles. The van der Waals surface area contributed by atoms with E-state index in [0.29, 0.717) is 40.3 Å². The van der Waals surface area contributed by atoms with Gasteiger partial charge in [-0.2, -0.15) is 5.10 Å². The molecule has 0 amide bonds. The quantitative estimate of drug-likeness (QED) is 0.323. The number of aliphatic hydroxyl groups is 1. The number of rotatable bonds is 8. The number of nitrogens with one attached hydrogen (secondary N) is 1. The lowest BCUT2D eigenvalue weighted by Crippen LogP contribution is -2.02. The van der Waals surface area contributed by atoms with Gasteiger partial charge in [0.25, 0.3) is 0 Å². The van der Waals surface area contributed by atoms with Crippen LogP contribution in [0, 0.1) is 11.6 Å². The number of anilines is 1. The average molecular weight is 481 g/mol. The summed E-state index contributed by atoms with van der Waals surface area (Å²) in [6.07, 6.45) is 6.51. The Hall–Kier alpha value is -3.76. The molecule has 4 aromatic rings. The van der Waals surface area contributed by atoms with Crippen molar-refractivity contribution >= 4 is 23.2 Å². The second-order valence-corrected chi connectivity index (χ2v) is 7.91. The summed E-state index contributed by atoms with van der Waals surface area (Å²) in [5.74, 6) is -0.797. The molecule has 0 unspecified atom stereocenters. The lowest BCUT2D eigenvalue weighted by Gasteiger charge is -2.13. The molecule has 0 atom stereocenters. The van der Waals surface area contributed by atoms with Gasteiger partial charge in [0.1, 0.15) is 18.0 Å². The predicted molar refractivity (Wildman–Crippen MR) is 131 cm³/mol. The first-order valence-electron chi connectivity index (χ1n) is 10.3. The summed E-state index contributed by atoms with van der Waals surface area (Å²) in [6.45, 7) is 0.328. The Morgan fingerprint density at radius 2 is 1.97 bits per heavy atom. The highest BCUT2D eigenvalue weighted by Gasteiger charge is 2.14. The minimum absolute atomic E-state index is 0.0289. The zero-order valence-corrected chi connectivity index (χ0v) is 19.1. The number of benzene rings is 2. The first-order chi connectivity index (χ1) is 16.5. The second-order valence-electron chi connectivity index (χ2n) is 7.30. The van der Waals surface area contributed by atoms with Gasteiger partial charge in [0.05, 0.1) is 18.8 Å². The maximum atomic E-state index is 14.5. The topological polar surface area (TPSA) is 102 Å². The molecule has 2 heterocycles. The summed E-state index contributed by atoms with van der Waals surface area (Å²) >= 11 is 1.39. The molecule has 4 N–H and O–H groups in total. The summed E-state index contributed by atoms with van der Waals surface area (Å²) in [7, 11) is 0. The Morgan fingerprint density at radius 3 is 2.65 bits per heavy atom. The molecule has 7 nitrogen and oxygen atoms in total. The minimum Gasteiger partial charge on any atom is -0.404 e. The molecule has 0 aliphatic carbocycles. The molecule has 0 aliphatic heterocycles. The van der Waals surface area contributed by atoms with Crippen molar-refractivity contribution in [3.05, 3.63) is 90.1 Å². The Balaban J connectivity index is 1.70. The van der Waals surface area contributed by atoms with Crippen molar-refractivity contribution < 1.29 is 13.9 Å². The molecule has 0 fully saturated rings. The summed E-state index contributed by atoms with van der Waals surface area (Å²) in [5, 5.41) is 13.4. The van der Waals surface area contributed by atoms with Crippen LogP contribution in [-0.2, 0) is 6.54 Å². The fourth-order valence-corrected chi connectivity index (χ4v) is 3.84. The fourth-order valence-electron chi connectivity index (χ4n) is 3.49. The lowest BCUT2D eigenvalue weighted by atomic mass is 9.96. The molecular formula is C24H22F2N6OS. The zero-order chi connectivity index (χ0) is 24.1. The maximum absolute atomic E-state index is 14.5. The van der Waals surface area contributed by atoms with Gasteiger partial charge in [-0.15, -0.1) is 0 Å². The highest BCUT2D eigenvalue weighted by Crippen LogP contribution is 2.33. The van der Waals surface area contributed by atoms with E-state index >= 15 is 0 Å². The molecule has 0 saturated heterocycles. The summed E-state index contributed by atoms with van der Waals surface area (Å²) in [5.41, 5.74) is 10.2. The van der Waals surface area contributed by atoms with Crippen LogP contribution in [0.2, 0.25) is 0 Å². The van der Waals surface area contributed by atoms with Crippen LogP contribution in [0.4, 0.5) is 14.5 Å². The number of nitrogens with zero attached hydrogens (tertiary/aromatic N) is 4. The first-order valence-corrected chi connectivity index (χ1v) is 11.5. The van der Waals surface area contributed by atoms with Crippen LogP contribution < -0.4 is 10.5 Å². The number of aromatic nitrogens is 4. The molecule has 4 rings (SSSR count). The van der Waals surface area contributed by atoms with E-state index in [9.17, 15) is 8.78 Å². The molecule has 174 valence electrons. The van der Waals surface area contributed by atoms with Gasteiger partial charge in [-0.05, 0) is 53.6 Å². The van der Waals surface area contributed by atoms with Crippen LogP contribution in [0.25, 0.3) is 28.1 Å². The van der Waals surface area contributed by atoms with E-state index in [4.69, 9.17) is 10.8 Å². The molecule has 2 aromatic carbocycles. The Bertz CT molecular complexity index is 1320. The third kappa shape index (κ3) is 5.08. The predicted octanol–water partition coefficient (Wildman–Crippen LogP) is 4.32. The molecule has 10 heteroatoms. The summed E-state index contributed by atoms with van der Waals surface area (Å²) < 4.78 is 32.6. The van der Waals surface area contributed by atoms with E-state index in [1.807, 2.05) is 18.4 Å². The summed E-state index contributed by atoms with van der Waals surface area (Å²) in [6, 6.07) is 12.6. The van der Waals surface area contributed by atoms with Gasteiger partial charge in [-0.3, -0.25) is 9.67 Å². The van der Waals surface area contributed by atoms with Gasteiger partial charge in [0.2, 0.25) is 0 Å². The smallest absolute Gasteiger partial charge is 0.182 e. The van der Waals surface area contributed by atoms with Crippen molar-refractivity contribution in [2.45, 2.75) is 6.54 Å². The molecule has 0 radical (unpaired) electrons. The lowest BCUT2D eigenvalue weighted by molar-refractivity contribution is 0.269. The van der Waals surface area contributed by atoms with Crippen LogP contribution >= 0.6 is 11.9 Å². The zero-order valence-electron chi connectivity index (χ0n) is 18.2. The average Bonchev–Trinajstić information content (AvgIpc) is 3.29. The van der Waals surface area contributed by atoms with Crippen molar-refractivity contribution in [3.8, 4) is 22.5 Å². The largest absolute Gasteiger partial charge is 0.404 e. The summed E-state index contributed by atoms with van der Waals surface area (Å²) in [4.78, 5) is 8.77. The monoisotopic (exact) mass is 480 g/mol. The van der Waals surface area contributed by atoms with Gasteiger partial charge in [-0.1, -0.05) is 11.9 Å². The van der Waals surface area contributed by atoms with Gasteiger partial charge in [0, 0.05) is 47.1 Å². The van der Waals surface area contributed by atoms with Crippen molar-refractivity contribution in [2.24, 2.45) is 5.73 Å². The van der Waals surface area contributed by atoms with Crippen molar-refractivity contribution in [3.63, 3.8) is 0 Å². The van der Waals surface area contributed by atoms with Crippen LogP contribution in [0.3, 0.4) is 0 Å². The van der Waals surface area contributed by atoms with E-state index in [-0.39, 0.29) is 12.2 Å². The minimum atomic E-state index is -0.652. The van der Waals surface area contributed by atoms with E-state index in [2.05, 4.69) is 19.8 Å². The number of nitrogens with two attached hydrogens (primary N) is 1. The van der Waals surface area contributed by atoms with Crippen LogP contribution in [0.5, 0.6) is 0 Å². The molecule has 0 aliphatic rings. The van der Waals surface area contributed by atoms with E-state index < -0.39 is 11.6 Å². The third-order valence-corrected chi connectivity index (χ3v) is 5.48. The normalized spacial score (nSPS) is 11.6. The number of aliphatic hydroxyl groups excluding tert-OH is 1. The fraction of sp³-hybridized carbons (Fsp3) is 0.125. The van der Waals surface area contributed by atoms with Crippen LogP contribution in [0.15, 0.2) is 67.3 Å². The Morgan fingerprint density at radius 1 is 1.12 bits per heavy atom. The number of pyridine rings is 1. The van der Waals surface area contributed by atoms with Gasteiger partial charge >= 0.3 is 0 Å². The SMILES string of the molecule is CSNc1cc(C(=CN)c2ccc(-c3ncn(CCO)n3)cn2)cc(-c2ccc(F)cc2F)c1. The molecule has 0 bridgehead atoms. The number of halogens is 2. The van der Waals surface area contributed by atoms with Crippen molar-refractivity contribution in [2.75, 3.05) is 17.6 Å². The van der Waals surface area contributed by atoms with Gasteiger partial charge in [0.15, 0.2) is 5.82 Å². The van der Waals surface area contributed by atoms with Crippen molar-refractivity contribution in [1.29, 1.82) is 0 Å². The maximum Gasteiger partial charge on any atom is 0.182 e. The van der Waals surface area contributed by atoms with E-state index in [0.717, 1.165) is 11.8 Å².